The van der Waals surface area contributed by atoms with Crippen LogP contribution in [0.15, 0.2) is 65.1 Å². The standard InChI is InChI=1S/C24H25N2O/c1-16-6-8-17(9-7-16)24-20-12-10-18(25(2)3)14-22(20)27-23-15-19(26(4)5)11-13-21(23)24/h6-15H,1-5H3/q+1. The number of benzene rings is 3. The fraction of sp³-hybridized carbons (Fsp3) is 0.208. The van der Waals surface area contributed by atoms with Gasteiger partial charge >= 0.3 is 0 Å². The third-order valence-corrected chi connectivity index (χ3v) is 5.06. The topological polar surface area (TPSA) is 19.4 Å². The summed E-state index contributed by atoms with van der Waals surface area (Å²) in [5.74, 6) is 0.903. The number of hydrogen-bond acceptors (Lipinski definition) is 2. The van der Waals surface area contributed by atoms with Gasteiger partial charge < -0.3 is 9.32 Å². The highest BCUT2D eigenvalue weighted by Crippen LogP contribution is 2.40. The van der Waals surface area contributed by atoms with Gasteiger partial charge in [0, 0.05) is 48.4 Å². The van der Waals surface area contributed by atoms with Crippen LogP contribution in [-0.2, 0) is 0 Å². The lowest BCUT2D eigenvalue weighted by Crippen LogP contribution is -2.21. The van der Waals surface area contributed by atoms with Gasteiger partial charge in [0.1, 0.15) is 25.4 Å². The summed E-state index contributed by atoms with van der Waals surface area (Å²) < 4.78 is 8.46. The average Bonchev–Trinajstić information content (AvgIpc) is 2.66. The van der Waals surface area contributed by atoms with E-state index in [9.17, 15) is 0 Å². The molecule has 27 heavy (non-hydrogen) atoms. The van der Waals surface area contributed by atoms with Crippen LogP contribution >= 0.6 is 0 Å². The monoisotopic (exact) mass is 357 g/mol. The Morgan fingerprint density at radius 1 is 0.852 bits per heavy atom. The molecule has 3 nitrogen and oxygen atoms in total. The Kier molecular flexibility index (Phi) is 4.23. The van der Waals surface area contributed by atoms with Crippen molar-refractivity contribution in [2.45, 2.75) is 6.92 Å². The molecule has 0 spiro atoms. The zero-order valence-corrected chi connectivity index (χ0v) is 16.6. The molecule has 0 fully saturated rings. The molecule has 1 aliphatic carbocycles. The number of hydrogen-bond donors (Lipinski definition) is 0. The Hall–Kier alpha value is -3.07. The Morgan fingerprint density at radius 2 is 1.59 bits per heavy atom. The van der Waals surface area contributed by atoms with Crippen LogP contribution < -0.4 is 14.8 Å². The van der Waals surface area contributed by atoms with E-state index < -0.39 is 0 Å². The van der Waals surface area contributed by atoms with Crippen LogP contribution in [0.3, 0.4) is 0 Å². The predicted molar refractivity (Wildman–Crippen MR) is 114 cm³/mol. The largest absolute Gasteiger partial charge is 0.456 e. The maximum Gasteiger partial charge on any atom is 0.203 e. The molecule has 1 aliphatic heterocycles. The van der Waals surface area contributed by atoms with E-state index in [-0.39, 0.29) is 0 Å². The van der Waals surface area contributed by atoms with Crippen LogP contribution in [0.1, 0.15) is 5.56 Å². The Balaban J connectivity index is 2.13. The Bertz CT molecular complexity index is 1160. The van der Waals surface area contributed by atoms with Crippen molar-refractivity contribution in [2.75, 3.05) is 33.1 Å². The summed E-state index contributed by atoms with van der Waals surface area (Å²) in [5.41, 5.74) is 6.86. The molecule has 4 rings (SSSR count). The van der Waals surface area contributed by atoms with Gasteiger partial charge in [0.05, 0.1) is 6.07 Å². The fourth-order valence-electron chi connectivity index (χ4n) is 3.46. The minimum absolute atomic E-state index is 0.903. The lowest BCUT2D eigenvalue weighted by atomic mass is 9.93. The van der Waals surface area contributed by atoms with Gasteiger partial charge in [-0.2, -0.15) is 0 Å². The van der Waals surface area contributed by atoms with Crippen molar-refractivity contribution in [3.8, 4) is 22.5 Å². The van der Waals surface area contributed by atoms with Gasteiger partial charge in [0.25, 0.3) is 0 Å². The summed E-state index contributed by atoms with van der Waals surface area (Å²) in [7, 11) is 8.20. The van der Waals surface area contributed by atoms with Crippen molar-refractivity contribution in [3.05, 3.63) is 71.6 Å². The van der Waals surface area contributed by atoms with E-state index in [1.807, 2.05) is 28.2 Å². The first kappa shape index (κ1) is 17.3. The van der Waals surface area contributed by atoms with Gasteiger partial charge in [-0.25, -0.2) is 4.58 Å². The third-order valence-electron chi connectivity index (χ3n) is 5.06. The first-order chi connectivity index (χ1) is 12.9. The van der Waals surface area contributed by atoms with E-state index in [1.165, 1.54) is 16.7 Å². The van der Waals surface area contributed by atoms with E-state index in [0.717, 1.165) is 33.3 Å². The van der Waals surface area contributed by atoms with E-state index >= 15 is 0 Å². The molecule has 3 heteroatoms. The Morgan fingerprint density at radius 3 is 2.26 bits per heavy atom. The molecule has 0 bridgehead atoms. The second-order valence-electron chi connectivity index (χ2n) is 7.49. The van der Waals surface area contributed by atoms with E-state index in [4.69, 9.17) is 4.42 Å². The second kappa shape index (κ2) is 6.58. The lowest BCUT2D eigenvalue weighted by Gasteiger charge is -2.18. The first-order valence-electron chi connectivity index (χ1n) is 9.19. The van der Waals surface area contributed by atoms with Gasteiger partial charge in [-0.05, 0) is 30.7 Å². The van der Waals surface area contributed by atoms with Crippen LogP contribution in [0, 0.1) is 6.92 Å². The van der Waals surface area contributed by atoms with Crippen molar-refractivity contribution in [1.82, 2.24) is 4.58 Å². The summed E-state index contributed by atoms with van der Waals surface area (Å²) in [6.45, 7) is 2.12. The quantitative estimate of drug-likeness (QED) is 0.385. The molecule has 2 aromatic carbocycles. The zero-order chi connectivity index (χ0) is 19.1. The molecule has 0 atom stereocenters. The molecule has 0 saturated carbocycles. The smallest absolute Gasteiger partial charge is 0.203 e. The normalized spacial score (nSPS) is 11.1. The second-order valence-corrected chi connectivity index (χ2v) is 7.49. The summed E-state index contributed by atoms with van der Waals surface area (Å²) >= 11 is 0. The molecule has 136 valence electrons. The number of rotatable bonds is 2. The fourth-order valence-corrected chi connectivity index (χ4v) is 3.46. The third kappa shape index (κ3) is 3.10. The molecular formula is C24H25N2O+. The molecule has 0 unspecified atom stereocenters. The Labute approximate surface area is 160 Å². The summed E-state index contributed by atoms with van der Waals surface area (Å²) in [4.78, 5) is 2.10. The summed E-state index contributed by atoms with van der Waals surface area (Å²) in [6.07, 6.45) is 0. The van der Waals surface area contributed by atoms with Crippen molar-refractivity contribution in [2.24, 2.45) is 0 Å². The van der Waals surface area contributed by atoms with Crippen molar-refractivity contribution < 1.29 is 4.42 Å². The predicted octanol–water partition coefficient (Wildman–Crippen LogP) is 4.61. The SMILES string of the molecule is Cc1ccc(-c2c3ccc(=[N+](C)C)cc-3oc3cc(N(C)C)ccc23)cc1. The highest BCUT2D eigenvalue weighted by Gasteiger charge is 2.18. The van der Waals surface area contributed by atoms with Gasteiger partial charge in [0.15, 0.2) is 0 Å². The molecule has 0 radical (unpaired) electrons. The number of fused-ring (bicyclic) bond motifs is 2. The van der Waals surface area contributed by atoms with E-state index in [0.29, 0.717) is 0 Å². The molecule has 0 N–H and O–H groups in total. The van der Waals surface area contributed by atoms with Crippen molar-refractivity contribution in [3.63, 3.8) is 0 Å². The van der Waals surface area contributed by atoms with Gasteiger partial charge in [-0.3, -0.25) is 0 Å². The van der Waals surface area contributed by atoms with Crippen LogP contribution in [0.25, 0.3) is 33.4 Å². The molecule has 2 aliphatic rings. The maximum absolute atomic E-state index is 6.36. The van der Waals surface area contributed by atoms with Crippen LogP contribution in [0.4, 0.5) is 5.69 Å². The molecular weight excluding hydrogens is 332 g/mol. The average molecular weight is 357 g/mol. The zero-order valence-electron chi connectivity index (χ0n) is 16.6. The van der Waals surface area contributed by atoms with Crippen molar-refractivity contribution >= 4 is 16.7 Å². The van der Waals surface area contributed by atoms with E-state index in [1.54, 1.807) is 0 Å². The summed E-state index contributed by atoms with van der Waals surface area (Å²) in [5, 5.41) is 2.26. The molecule has 0 amide bonds. The number of nitrogens with zero attached hydrogens (tertiary/aromatic N) is 2. The highest BCUT2D eigenvalue weighted by molar-refractivity contribution is 6.02. The number of aryl methyl sites for hydroxylation is 1. The number of anilines is 1. The molecule has 1 heterocycles. The maximum atomic E-state index is 6.36. The van der Waals surface area contributed by atoms with E-state index in [2.05, 4.69) is 77.1 Å². The van der Waals surface area contributed by atoms with Crippen LogP contribution in [0.5, 0.6) is 0 Å². The first-order valence-corrected chi connectivity index (χ1v) is 9.19. The summed E-state index contributed by atoms with van der Waals surface area (Å²) in [6, 6.07) is 21.6. The van der Waals surface area contributed by atoms with Crippen molar-refractivity contribution in [1.29, 1.82) is 0 Å². The van der Waals surface area contributed by atoms with Gasteiger partial charge in [-0.1, -0.05) is 29.8 Å². The molecule has 2 aromatic rings. The van der Waals surface area contributed by atoms with Crippen LogP contribution in [-0.4, -0.2) is 28.2 Å². The molecule has 0 saturated heterocycles. The molecule has 0 aromatic heterocycles. The minimum atomic E-state index is 0.903. The van der Waals surface area contributed by atoms with Gasteiger partial charge in [-0.15, -0.1) is 0 Å². The van der Waals surface area contributed by atoms with Gasteiger partial charge in [0.2, 0.25) is 5.36 Å². The lowest BCUT2D eigenvalue weighted by molar-refractivity contribution is 0.617. The highest BCUT2D eigenvalue weighted by atomic mass is 16.3. The van der Waals surface area contributed by atoms with Crippen LogP contribution in [0.2, 0.25) is 0 Å². The minimum Gasteiger partial charge on any atom is -0.456 e.